The molecule has 1 aromatic carbocycles. The normalized spacial score (nSPS) is 18.9. The van der Waals surface area contributed by atoms with Gasteiger partial charge in [0.05, 0.1) is 12.6 Å². The molecule has 2 amide bonds. The zero-order valence-electron chi connectivity index (χ0n) is 19.0. The number of carbonyl (C=O) groups is 2. The Hall–Kier alpha value is -2.18. The van der Waals surface area contributed by atoms with E-state index >= 15 is 0 Å². The van der Waals surface area contributed by atoms with Crippen LogP contribution in [0.4, 0.5) is 0 Å². The highest BCUT2D eigenvalue weighted by molar-refractivity contribution is 7.10. The smallest absolute Gasteiger partial charge is 0.242 e. The molecule has 0 bridgehead atoms. The second-order valence-electron chi connectivity index (χ2n) is 8.89. The summed E-state index contributed by atoms with van der Waals surface area (Å²) in [5.41, 5.74) is 2.36. The van der Waals surface area contributed by atoms with E-state index in [1.165, 1.54) is 16.9 Å². The predicted molar refractivity (Wildman–Crippen MR) is 128 cm³/mol. The first-order valence-electron chi connectivity index (χ1n) is 11.9. The highest BCUT2D eigenvalue weighted by Crippen LogP contribution is 2.38. The number of amides is 2. The lowest BCUT2D eigenvalue weighted by molar-refractivity contribution is -0.144. The lowest BCUT2D eigenvalue weighted by atomic mass is 9.88. The minimum absolute atomic E-state index is 0.0391. The van der Waals surface area contributed by atoms with Gasteiger partial charge in [-0.3, -0.25) is 9.59 Å². The van der Waals surface area contributed by atoms with Crippen LogP contribution in [0.15, 0.2) is 41.8 Å². The van der Waals surface area contributed by atoms with Crippen LogP contribution in [0.2, 0.25) is 0 Å². The molecule has 1 fully saturated rings. The number of carbonyl (C=O) groups excluding carboxylic acids is 2. The summed E-state index contributed by atoms with van der Waals surface area (Å²) in [4.78, 5) is 32.1. The molecule has 2 aromatic rings. The molecular formula is C26H34N2O3S. The molecule has 1 aromatic heterocycles. The van der Waals surface area contributed by atoms with Crippen molar-refractivity contribution in [1.82, 2.24) is 9.80 Å². The van der Waals surface area contributed by atoms with Gasteiger partial charge >= 0.3 is 0 Å². The summed E-state index contributed by atoms with van der Waals surface area (Å²) < 4.78 is 5.21. The van der Waals surface area contributed by atoms with Crippen LogP contribution in [0.3, 0.4) is 0 Å². The lowest BCUT2D eigenvalue weighted by Crippen LogP contribution is -2.48. The first-order valence-corrected chi connectivity index (χ1v) is 12.8. The maximum atomic E-state index is 13.6. The lowest BCUT2D eigenvalue weighted by Gasteiger charge is -2.38. The maximum Gasteiger partial charge on any atom is 0.242 e. The van der Waals surface area contributed by atoms with Crippen LogP contribution in [-0.4, -0.2) is 55.0 Å². The molecule has 1 aliphatic carbocycles. The predicted octanol–water partition coefficient (Wildman–Crippen LogP) is 4.67. The first kappa shape index (κ1) is 23.0. The van der Waals surface area contributed by atoms with E-state index in [1.54, 1.807) is 18.4 Å². The highest BCUT2D eigenvalue weighted by atomic mass is 32.1. The van der Waals surface area contributed by atoms with E-state index < -0.39 is 0 Å². The molecule has 0 N–H and O–H groups in total. The Morgan fingerprint density at radius 2 is 1.91 bits per heavy atom. The zero-order chi connectivity index (χ0) is 22.3. The van der Waals surface area contributed by atoms with Crippen molar-refractivity contribution in [3.63, 3.8) is 0 Å². The van der Waals surface area contributed by atoms with Crippen molar-refractivity contribution in [2.24, 2.45) is 5.92 Å². The van der Waals surface area contributed by atoms with Gasteiger partial charge in [0.2, 0.25) is 11.8 Å². The Balaban J connectivity index is 1.53. The fourth-order valence-electron chi connectivity index (χ4n) is 5.11. The molecule has 0 spiro atoms. The second kappa shape index (κ2) is 11.1. The van der Waals surface area contributed by atoms with Gasteiger partial charge in [0.1, 0.15) is 0 Å². The summed E-state index contributed by atoms with van der Waals surface area (Å²) in [6, 6.07) is 12.3. The largest absolute Gasteiger partial charge is 0.385 e. The molecule has 2 aliphatic rings. The Labute approximate surface area is 195 Å². The van der Waals surface area contributed by atoms with E-state index in [4.69, 9.17) is 4.74 Å². The topological polar surface area (TPSA) is 49.9 Å². The monoisotopic (exact) mass is 454 g/mol. The summed E-state index contributed by atoms with van der Waals surface area (Å²) in [5.74, 6) is 0.254. The molecule has 0 radical (unpaired) electrons. The quantitative estimate of drug-likeness (QED) is 0.545. The molecule has 1 unspecified atom stereocenters. The van der Waals surface area contributed by atoms with Crippen LogP contribution < -0.4 is 0 Å². The number of hydrogen-bond donors (Lipinski definition) is 0. The van der Waals surface area contributed by atoms with Crippen LogP contribution in [0, 0.1) is 5.92 Å². The van der Waals surface area contributed by atoms with E-state index in [1.807, 2.05) is 28.0 Å². The van der Waals surface area contributed by atoms with Gasteiger partial charge in [0, 0.05) is 37.6 Å². The van der Waals surface area contributed by atoms with Crippen LogP contribution in [0.5, 0.6) is 0 Å². The van der Waals surface area contributed by atoms with E-state index in [0.29, 0.717) is 19.7 Å². The standard InChI is InChI=1S/C26H34N2O3S/c1-31-17-8-15-27(26(30)21-11-6-3-7-12-21)19-24(29)28-16-13-23-22(14-18-32-23)25(28)20-9-4-2-5-10-20/h2,4-5,9-10,14,18,21,25H,3,6-8,11-13,15-17,19H2,1H3. The third-order valence-electron chi connectivity index (χ3n) is 6.77. The molecule has 1 aliphatic heterocycles. The Morgan fingerprint density at radius 1 is 1.12 bits per heavy atom. The van der Waals surface area contributed by atoms with Crippen molar-refractivity contribution < 1.29 is 14.3 Å². The average Bonchev–Trinajstić information content (AvgIpc) is 3.32. The van der Waals surface area contributed by atoms with E-state index in [0.717, 1.165) is 44.1 Å². The number of thiophene rings is 1. The van der Waals surface area contributed by atoms with E-state index in [9.17, 15) is 9.59 Å². The minimum Gasteiger partial charge on any atom is -0.385 e. The number of benzene rings is 1. The fourth-order valence-corrected chi connectivity index (χ4v) is 6.01. The van der Waals surface area contributed by atoms with Crippen molar-refractivity contribution in [2.75, 3.05) is 33.4 Å². The Morgan fingerprint density at radius 3 is 2.66 bits per heavy atom. The third kappa shape index (κ3) is 5.24. The van der Waals surface area contributed by atoms with Gasteiger partial charge < -0.3 is 14.5 Å². The molecule has 6 heteroatoms. The SMILES string of the molecule is COCCCN(CC(=O)N1CCc2sccc2C1c1ccccc1)C(=O)C1CCCCC1. The number of methoxy groups -OCH3 is 1. The second-order valence-corrected chi connectivity index (χ2v) is 9.89. The van der Waals surface area contributed by atoms with Crippen molar-refractivity contribution in [1.29, 1.82) is 0 Å². The van der Waals surface area contributed by atoms with E-state index in [-0.39, 0.29) is 30.3 Å². The van der Waals surface area contributed by atoms with Gasteiger partial charge in [0.25, 0.3) is 0 Å². The average molecular weight is 455 g/mol. The maximum absolute atomic E-state index is 13.6. The molecule has 32 heavy (non-hydrogen) atoms. The third-order valence-corrected chi connectivity index (χ3v) is 7.77. The number of hydrogen-bond acceptors (Lipinski definition) is 4. The molecule has 0 saturated heterocycles. The minimum atomic E-state index is -0.0793. The molecule has 2 heterocycles. The Bertz CT molecular complexity index is 891. The number of rotatable bonds is 8. The highest BCUT2D eigenvalue weighted by Gasteiger charge is 2.35. The van der Waals surface area contributed by atoms with Crippen LogP contribution >= 0.6 is 11.3 Å². The summed E-state index contributed by atoms with van der Waals surface area (Å²) in [7, 11) is 1.68. The van der Waals surface area contributed by atoms with Gasteiger partial charge in [0.15, 0.2) is 0 Å². The van der Waals surface area contributed by atoms with Gasteiger partial charge in [-0.15, -0.1) is 11.3 Å². The van der Waals surface area contributed by atoms with Crippen molar-refractivity contribution in [3.8, 4) is 0 Å². The van der Waals surface area contributed by atoms with Crippen molar-refractivity contribution in [3.05, 3.63) is 57.8 Å². The summed E-state index contributed by atoms with van der Waals surface area (Å²) in [6.45, 7) is 2.01. The summed E-state index contributed by atoms with van der Waals surface area (Å²) >= 11 is 1.77. The first-order chi connectivity index (χ1) is 15.7. The molecule has 1 atom stereocenters. The number of ether oxygens (including phenoxy) is 1. The molecule has 1 saturated carbocycles. The number of nitrogens with zero attached hydrogens (tertiary/aromatic N) is 2. The van der Waals surface area contributed by atoms with Gasteiger partial charge in [-0.2, -0.15) is 0 Å². The van der Waals surface area contributed by atoms with Crippen LogP contribution in [0.1, 0.15) is 60.6 Å². The molecule has 172 valence electrons. The molecule has 4 rings (SSSR count). The zero-order valence-corrected chi connectivity index (χ0v) is 19.8. The van der Waals surface area contributed by atoms with Gasteiger partial charge in [-0.25, -0.2) is 0 Å². The van der Waals surface area contributed by atoms with Crippen molar-refractivity contribution >= 4 is 23.2 Å². The summed E-state index contributed by atoms with van der Waals surface area (Å²) in [6.07, 6.45) is 6.95. The molecule has 5 nitrogen and oxygen atoms in total. The summed E-state index contributed by atoms with van der Waals surface area (Å²) in [5, 5.41) is 2.12. The molecular weight excluding hydrogens is 420 g/mol. The van der Waals surface area contributed by atoms with Gasteiger partial charge in [-0.1, -0.05) is 49.6 Å². The van der Waals surface area contributed by atoms with E-state index in [2.05, 4.69) is 23.6 Å². The van der Waals surface area contributed by atoms with Crippen LogP contribution in [-0.2, 0) is 20.7 Å². The van der Waals surface area contributed by atoms with Gasteiger partial charge in [-0.05, 0) is 48.3 Å². The van der Waals surface area contributed by atoms with Crippen molar-refractivity contribution in [2.45, 2.75) is 51.0 Å². The van der Waals surface area contributed by atoms with Crippen LogP contribution in [0.25, 0.3) is 0 Å². The Kier molecular flexibility index (Phi) is 7.98. The fraction of sp³-hybridized carbons (Fsp3) is 0.538. The number of fused-ring (bicyclic) bond motifs is 1.